The number of hydrogen-bond acceptors (Lipinski definition) is 4. The lowest BCUT2D eigenvalue weighted by Gasteiger charge is -2.42. The van der Waals surface area contributed by atoms with Crippen molar-refractivity contribution in [3.63, 3.8) is 0 Å². The molecule has 6 heteroatoms. The molecule has 1 aliphatic heterocycles. The first-order chi connectivity index (χ1) is 9.43. The van der Waals surface area contributed by atoms with Gasteiger partial charge in [0.1, 0.15) is 0 Å². The molecule has 2 rings (SSSR count). The Hall–Kier alpha value is -0.680. The first-order valence-corrected chi connectivity index (χ1v) is 7.25. The number of aromatic hydroxyl groups is 1. The quantitative estimate of drug-likeness (QED) is 0.878. The Kier molecular flexibility index (Phi) is 8.55. The van der Waals surface area contributed by atoms with Crippen molar-refractivity contribution < 1.29 is 9.84 Å². The van der Waals surface area contributed by atoms with E-state index in [2.05, 4.69) is 37.1 Å². The summed E-state index contributed by atoms with van der Waals surface area (Å²) >= 11 is 0. The van der Waals surface area contributed by atoms with Crippen LogP contribution in [-0.2, 0) is 0 Å². The zero-order valence-corrected chi connectivity index (χ0v) is 15.4. The van der Waals surface area contributed by atoms with Crippen LogP contribution in [0.3, 0.4) is 0 Å². The van der Waals surface area contributed by atoms with Gasteiger partial charge in [0, 0.05) is 32.2 Å². The predicted octanol–water partition coefficient (Wildman–Crippen LogP) is 3.24. The Labute approximate surface area is 146 Å². The molecule has 0 spiro atoms. The summed E-state index contributed by atoms with van der Waals surface area (Å²) in [7, 11) is 1.58. The van der Waals surface area contributed by atoms with Crippen molar-refractivity contribution in [2.45, 2.75) is 26.8 Å². The molecule has 0 saturated carbocycles. The smallest absolute Gasteiger partial charge is 0.160 e. The number of phenolic OH excluding ortho intramolecular Hbond substituents is 1. The van der Waals surface area contributed by atoms with Gasteiger partial charge in [0.25, 0.3) is 0 Å². The minimum Gasteiger partial charge on any atom is -0.504 e. The van der Waals surface area contributed by atoms with Crippen molar-refractivity contribution in [2.75, 3.05) is 33.3 Å². The fourth-order valence-electron chi connectivity index (χ4n) is 3.08. The van der Waals surface area contributed by atoms with Crippen LogP contribution in [0.5, 0.6) is 11.5 Å². The van der Waals surface area contributed by atoms with Crippen LogP contribution in [0.1, 0.15) is 32.4 Å². The second kappa shape index (κ2) is 8.82. The zero-order valence-electron chi connectivity index (χ0n) is 13.8. The van der Waals surface area contributed by atoms with Crippen molar-refractivity contribution >= 4 is 24.8 Å². The highest BCUT2D eigenvalue weighted by Crippen LogP contribution is 2.40. The predicted molar refractivity (Wildman–Crippen MR) is 95.8 cm³/mol. The van der Waals surface area contributed by atoms with E-state index < -0.39 is 0 Å². The Morgan fingerprint density at radius 2 is 1.77 bits per heavy atom. The van der Waals surface area contributed by atoms with E-state index >= 15 is 0 Å². The molecule has 22 heavy (non-hydrogen) atoms. The Morgan fingerprint density at radius 3 is 2.23 bits per heavy atom. The molecule has 4 nitrogen and oxygen atoms in total. The number of hydrogen-bond donors (Lipinski definition) is 2. The highest BCUT2D eigenvalue weighted by Gasteiger charge is 2.32. The first-order valence-electron chi connectivity index (χ1n) is 7.25. The molecule has 0 bridgehead atoms. The molecule has 1 aromatic carbocycles. The molecule has 1 atom stereocenters. The van der Waals surface area contributed by atoms with Gasteiger partial charge in [0.2, 0.25) is 0 Å². The molecule has 0 aromatic heterocycles. The van der Waals surface area contributed by atoms with E-state index in [1.54, 1.807) is 7.11 Å². The molecule has 0 amide bonds. The summed E-state index contributed by atoms with van der Waals surface area (Å²) < 4.78 is 5.14. The summed E-state index contributed by atoms with van der Waals surface area (Å²) in [6, 6.07) is 6.06. The van der Waals surface area contributed by atoms with E-state index in [0.717, 1.165) is 31.7 Å². The van der Waals surface area contributed by atoms with Gasteiger partial charge in [-0.15, -0.1) is 24.8 Å². The Balaban J connectivity index is 0.00000220. The highest BCUT2D eigenvalue weighted by atomic mass is 35.5. The second-order valence-corrected chi connectivity index (χ2v) is 6.49. The zero-order chi connectivity index (χ0) is 14.8. The number of benzene rings is 1. The van der Waals surface area contributed by atoms with Crippen molar-refractivity contribution in [1.82, 2.24) is 10.2 Å². The molecule has 1 heterocycles. The molecule has 1 saturated heterocycles. The summed E-state index contributed by atoms with van der Waals surface area (Å²) in [4.78, 5) is 2.50. The molecule has 1 aromatic rings. The third kappa shape index (κ3) is 4.92. The third-order valence-corrected chi connectivity index (χ3v) is 3.86. The van der Waals surface area contributed by atoms with Gasteiger partial charge in [0.15, 0.2) is 11.5 Å². The number of nitrogens with one attached hydrogen (secondary N) is 1. The van der Waals surface area contributed by atoms with E-state index in [1.807, 2.05) is 12.1 Å². The molecule has 128 valence electrons. The number of rotatable bonds is 3. The monoisotopic (exact) mass is 350 g/mol. The van der Waals surface area contributed by atoms with E-state index in [0.29, 0.717) is 11.8 Å². The van der Waals surface area contributed by atoms with Gasteiger partial charge >= 0.3 is 0 Å². The summed E-state index contributed by atoms with van der Waals surface area (Å²) in [5.41, 5.74) is 1.26. The first kappa shape index (κ1) is 21.3. The Morgan fingerprint density at radius 1 is 1.18 bits per heavy atom. The number of piperazine rings is 1. The lowest BCUT2D eigenvalue weighted by molar-refractivity contribution is 0.0860. The number of methoxy groups -OCH3 is 1. The maximum Gasteiger partial charge on any atom is 0.160 e. The molecule has 1 fully saturated rings. The minimum absolute atomic E-state index is 0. The lowest BCUT2D eigenvalue weighted by atomic mass is 9.81. The van der Waals surface area contributed by atoms with Crippen LogP contribution in [0.25, 0.3) is 0 Å². The average Bonchev–Trinajstić information content (AvgIpc) is 2.39. The van der Waals surface area contributed by atoms with Crippen molar-refractivity contribution in [3.8, 4) is 11.5 Å². The SMILES string of the molecule is COc1ccc([C@@H](N2CCNCC2)C(C)(C)C)cc1O.Cl.Cl. The van der Waals surface area contributed by atoms with Crippen LogP contribution < -0.4 is 10.1 Å². The molecule has 1 aliphatic rings. The van der Waals surface area contributed by atoms with Gasteiger partial charge in [-0.1, -0.05) is 26.8 Å². The van der Waals surface area contributed by atoms with E-state index in [4.69, 9.17) is 4.74 Å². The van der Waals surface area contributed by atoms with E-state index in [-0.39, 0.29) is 36.0 Å². The number of nitrogens with zero attached hydrogens (tertiary/aromatic N) is 1. The normalized spacial score (nSPS) is 17.1. The topological polar surface area (TPSA) is 44.7 Å². The molecule has 2 N–H and O–H groups in total. The Bertz CT molecular complexity index is 458. The van der Waals surface area contributed by atoms with Gasteiger partial charge in [-0.3, -0.25) is 4.90 Å². The highest BCUT2D eigenvalue weighted by molar-refractivity contribution is 5.85. The molecular weight excluding hydrogens is 323 g/mol. The molecule has 0 unspecified atom stereocenters. The molecule has 0 aliphatic carbocycles. The van der Waals surface area contributed by atoms with Crippen molar-refractivity contribution in [1.29, 1.82) is 0 Å². The van der Waals surface area contributed by atoms with Crippen LogP contribution >= 0.6 is 24.8 Å². The summed E-state index contributed by atoms with van der Waals surface area (Å²) in [6.45, 7) is 10.9. The fraction of sp³-hybridized carbons (Fsp3) is 0.625. The van der Waals surface area contributed by atoms with E-state index in [1.165, 1.54) is 0 Å². The standard InChI is InChI=1S/C16H26N2O2.2ClH/c1-16(2,3)15(18-9-7-17-8-10-18)12-5-6-14(20-4)13(19)11-12;;/h5-6,11,15,17,19H,7-10H2,1-4H3;2*1H/t15-;;/m1../s1. The summed E-state index contributed by atoms with van der Waals surface area (Å²) in [6.07, 6.45) is 0. The number of halogens is 2. The number of phenols is 1. The minimum atomic E-state index is 0. The number of ether oxygens (including phenoxy) is 1. The van der Waals surface area contributed by atoms with Crippen molar-refractivity contribution in [3.05, 3.63) is 23.8 Å². The lowest BCUT2D eigenvalue weighted by Crippen LogP contribution is -2.48. The van der Waals surface area contributed by atoms with E-state index in [9.17, 15) is 5.11 Å². The summed E-state index contributed by atoms with van der Waals surface area (Å²) in [5.74, 6) is 0.746. The van der Waals surface area contributed by atoms with Crippen LogP contribution in [0.15, 0.2) is 18.2 Å². The van der Waals surface area contributed by atoms with Crippen molar-refractivity contribution in [2.24, 2.45) is 5.41 Å². The van der Waals surface area contributed by atoms with Crippen LogP contribution in [0, 0.1) is 5.41 Å². The van der Waals surface area contributed by atoms with Gasteiger partial charge in [-0.2, -0.15) is 0 Å². The average molecular weight is 351 g/mol. The third-order valence-electron chi connectivity index (χ3n) is 3.86. The van der Waals surface area contributed by atoms with Gasteiger partial charge in [0.05, 0.1) is 7.11 Å². The van der Waals surface area contributed by atoms with Crippen LogP contribution in [0.4, 0.5) is 0 Å². The summed E-state index contributed by atoms with van der Waals surface area (Å²) in [5, 5.41) is 13.4. The molecule has 0 radical (unpaired) electrons. The maximum atomic E-state index is 10.0. The molecular formula is C16H28Cl2N2O2. The van der Waals surface area contributed by atoms with Gasteiger partial charge in [-0.25, -0.2) is 0 Å². The van der Waals surface area contributed by atoms with Gasteiger partial charge < -0.3 is 15.2 Å². The van der Waals surface area contributed by atoms with Crippen LogP contribution in [0.2, 0.25) is 0 Å². The maximum absolute atomic E-state index is 10.0. The fourth-order valence-corrected chi connectivity index (χ4v) is 3.08. The largest absolute Gasteiger partial charge is 0.504 e. The van der Waals surface area contributed by atoms with Crippen LogP contribution in [-0.4, -0.2) is 43.3 Å². The second-order valence-electron chi connectivity index (χ2n) is 6.49. The van der Waals surface area contributed by atoms with Gasteiger partial charge in [-0.05, 0) is 23.1 Å².